The van der Waals surface area contributed by atoms with Crippen molar-refractivity contribution in [3.8, 4) is 11.8 Å². The lowest BCUT2D eigenvalue weighted by molar-refractivity contribution is -0.191. The lowest BCUT2D eigenvalue weighted by atomic mass is 10.0. The highest BCUT2D eigenvalue weighted by molar-refractivity contribution is 6.31. The molecule has 6 nitrogen and oxygen atoms in total. The fraction of sp³-hybridized carbons (Fsp3) is 0.529. The molecule has 0 aromatic heterocycles. The summed E-state index contributed by atoms with van der Waals surface area (Å²) in [6.45, 7) is 6.57. The van der Waals surface area contributed by atoms with Crippen LogP contribution in [0, 0.1) is 11.3 Å². The lowest BCUT2D eigenvalue weighted by Crippen LogP contribution is -2.60. The van der Waals surface area contributed by atoms with Crippen molar-refractivity contribution < 1.29 is 19.0 Å². The van der Waals surface area contributed by atoms with Gasteiger partial charge in [0.15, 0.2) is 0 Å². The molecular formula is C17H21ClN2O4. The van der Waals surface area contributed by atoms with Crippen molar-refractivity contribution in [3.63, 3.8) is 0 Å². The molecule has 1 aromatic carbocycles. The summed E-state index contributed by atoms with van der Waals surface area (Å²) in [4.78, 5) is 12.6. The fourth-order valence-electron chi connectivity index (χ4n) is 2.24. The molecule has 130 valence electrons. The first kappa shape index (κ1) is 18.5. The summed E-state index contributed by atoms with van der Waals surface area (Å²) in [5, 5.41) is 12.6. The predicted molar refractivity (Wildman–Crippen MR) is 89.1 cm³/mol. The number of hydrogen-bond acceptors (Lipinski definition) is 6. The Morgan fingerprint density at radius 3 is 2.83 bits per heavy atom. The third-order valence-electron chi connectivity index (χ3n) is 3.39. The smallest absolute Gasteiger partial charge is 0.343 e. The van der Waals surface area contributed by atoms with E-state index in [-0.39, 0.29) is 18.7 Å². The van der Waals surface area contributed by atoms with Gasteiger partial charge in [-0.3, -0.25) is 0 Å². The number of carbonyl (C=O) groups is 1. The molecule has 1 atom stereocenters. The highest BCUT2D eigenvalue weighted by Gasteiger charge is 2.45. The second kappa shape index (κ2) is 7.39. The van der Waals surface area contributed by atoms with E-state index in [9.17, 15) is 10.1 Å². The molecule has 1 fully saturated rings. The van der Waals surface area contributed by atoms with E-state index in [0.717, 1.165) is 0 Å². The van der Waals surface area contributed by atoms with Gasteiger partial charge in [-0.1, -0.05) is 17.7 Å². The second-order valence-electron chi connectivity index (χ2n) is 6.53. The van der Waals surface area contributed by atoms with Gasteiger partial charge in [-0.25, -0.2) is 4.79 Å². The van der Waals surface area contributed by atoms with Crippen LogP contribution in [-0.4, -0.2) is 43.5 Å². The van der Waals surface area contributed by atoms with Gasteiger partial charge in [0.1, 0.15) is 29.6 Å². The standard InChI is InChI=1S/C17H21ClN2O4/c1-16(2,3)24-15(21)17(10-20-7-8-23-17)11-22-14-6-4-5-13(18)12(14)9-19/h4-6,20H,7-8,10-11H2,1-3H3. The number of esters is 1. The van der Waals surface area contributed by atoms with E-state index in [4.69, 9.17) is 25.8 Å². The van der Waals surface area contributed by atoms with Gasteiger partial charge in [0, 0.05) is 13.1 Å². The van der Waals surface area contributed by atoms with Gasteiger partial charge in [-0.15, -0.1) is 0 Å². The number of carbonyl (C=O) groups excluding carboxylic acids is 1. The van der Waals surface area contributed by atoms with Gasteiger partial charge >= 0.3 is 5.97 Å². The van der Waals surface area contributed by atoms with E-state index < -0.39 is 17.2 Å². The molecular weight excluding hydrogens is 332 g/mol. The summed E-state index contributed by atoms with van der Waals surface area (Å²) < 4.78 is 16.9. The third kappa shape index (κ3) is 4.38. The summed E-state index contributed by atoms with van der Waals surface area (Å²) in [5.41, 5.74) is -1.68. The Kier molecular flexibility index (Phi) is 5.70. The molecule has 2 rings (SSSR count). The third-order valence-corrected chi connectivity index (χ3v) is 3.70. The highest BCUT2D eigenvalue weighted by Crippen LogP contribution is 2.27. The molecule has 0 bridgehead atoms. The van der Waals surface area contributed by atoms with E-state index in [0.29, 0.717) is 23.9 Å². The summed E-state index contributed by atoms with van der Waals surface area (Å²) in [6.07, 6.45) is 0. The minimum Gasteiger partial charge on any atom is -0.488 e. The van der Waals surface area contributed by atoms with Crippen LogP contribution in [0.25, 0.3) is 0 Å². The maximum atomic E-state index is 12.6. The van der Waals surface area contributed by atoms with Crippen molar-refractivity contribution in [1.82, 2.24) is 5.32 Å². The molecule has 0 spiro atoms. The molecule has 7 heteroatoms. The fourth-order valence-corrected chi connectivity index (χ4v) is 2.45. The topological polar surface area (TPSA) is 80.6 Å². The zero-order valence-electron chi connectivity index (χ0n) is 14.0. The van der Waals surface area contributed by atoms with Crippen molar-refractivity contribution in [1.29, 1.82) is 5.26 Å². The maximum absolute atomic E-state index is 12.6. The number of morpholine rings is 1. The Bertz CT molecular complexity index is 643. The van der Waals surface area contributed by atoms with Crippen LogP contribution >= 0.6 is 11.6 Å². The first-order valence-electron chi connectivity index (χ1n) is 7.67. The minimum atomic E-state index is -1.26. The number of nitriles is 1. The summed E-state index contributed by atoms with van der Waals surface area (Å²) in [5.74, 6) is -0.190. The van der Waals surface area contributed by atoms with E-state index in [1.807, 2.05) is 6.07 Å². The van der Waals surface area contributed by atoms with Gasteiger partial charge in [0.25, 0.3) is 0 Å². The predicted octanol–water partition coefficient (Wildman–Crippen LogP) is 2.29. The number of nitrogens with zero attached hydrogens (tertiary/aromatic N) is 1. The van der Waals surface area contributed by atoms with Crippen molar-refractivity contribution in [3.05, 3.63) is 28.8 Å². The van der Waals surface area contributed by atoms with Crippen molar-refractivity contribution in [2.75, 3.05) is 26.3 Å². The molecule has 1 N–H and O–H groups in total. The molecule has 0 aliphatic carbocycles. The molecule has 1 aromatic rings. The molecule has 0 radical (unpaired) electrons. The molecule has 1 aliphatic heterocycles. The first-order valence-corrected chi connectivity index (χ1v) is 8.05. The number of nitrogens with one attached hydrogen (secondary N) is 1. The van der Waals surface area contributed by atoms with Crippen molar-refractivity contribution in [2.45, 2.75) is 32.0 Å². The van der Waals surface area contributed by atoms with Crippen LogP contribution in [0.1, 0.15) is 26.3 Å². The van der Waals surface area contributed by atoms with Crippen molar-refractivity contribution in [2.24, 2.45) is 0 Å². The Labute approximate surface area is 146 Å². The van der Waals surface area contributed by atoms with Crippen LogP contribution < -0.4 is 10.1 Å². The maximum Gasteiger partial charge on any atom is 0.343 e. The van der Waals surface area contributed by atoms with Gasteiger partial charge in [-0.2, -0.15) is 5.26 Å². The van der Waals surface area contributed by atoms with Crippen LogP contribution in [0.4, 0.5) is 0 Å². The molecule has 1 heterocycles. The van der Waals surface area contributed by atoms with Crippen LogP contribution in [0.5, 0.6) is 5.75 Å². The molecule has 1 saturated heterocycles. The number of hydrogen-bond donors (Lipinski definition) is 1. The summed E-state index contributed by atoms with van der Waals surface area (Å²) in [6, 6.07) is 6.92. The monoisotopic (exact) mass is 352 g/mol. The van der Waals surface area contributed by atoms with Crippen molar-refractivity contribution >= 4 is 17.6 Å². The van der Waals surface area contributed by atoms with Crippen LogP contribution in [-0.2, 0) is 14.3 Å². The molecule has 0 amide bonds. The summed E-state index contributed by atoms with van der Waals surface area (Å²) >= 11 is 6.00. The number of halogens is 1. The van der Waals surface area contributed by atoms with E-state index in [1.165, 1.54) is 0 Å². The molecule has 1 unspecified atom stereocenters. The van der Waals surface area contributed by atoms with Crippen LogP contribution in [0.3, 0.4) is 0 Å². The highest BCUT2D eigenvalue weighted by atomic mass is 35.5. The zero-order chi connectivity index (χ0) is 17.8. The van der Waals surface area contributed by atoms with Gasteiger partial charge in [-0.05, 0) is 32.9 Å². The number of ether oxygens (including phenoxy) is 3. The van der Waals surface area contributed by atoms with E-state index >= 15 is 0 Å². The van der Waals surface area contributed by atoms with Gasteiger partial charge < -0.3 is 19.5 Å². The van der Waals surface area contributed by atoms with E-state index in [1.54, 1.807) is 39.0 Å². The quantitative estimate of drug-likeness (QED) is 0.837. The Morgan fingerprint density at radius 1 is 1.50 bits per heavy atom. The normalized spacial score (nSPS) is 21.0. The lowest BCUT2D eigenvalue weighted by Gasteiger charge is -2.37. The molecule has 24 heavy (non-hydrogen) atoms. The minimum absolute atomic E-state index is 0.0794. The number of benzene rings is 1. The van der Waals surface area contributed by atoms with Gasteiger partial charge in [0.05, 0.1) is 11.6 Å². The molecule has 1 aliphatic rings. The van der Waals surface area contributed by atoms with Gasteiger partial charge in [0.2, 0.25) is 5.60 Å². The Morgan fingerprint density at radius 2 is 2.25 bits per heavy atom. The SMILES string of the molecule is CC(C)(C)OC(=O)C1(COc2cccc(Cl)c2C#N)CNCCO1. The number of rotatable bonds is 4. The van der Waals surface area contributed by atoms with Crippen LogP contribution in [0.2, 0.25) is 5.02 Å². The first-order chi connectivity index (χ1) is 11.3. The summed E-state index contributed by atoms with van der Waals surface area (Å²) in [7, 11) is 0. The average Bonchev–Trinajstić information content (AvgIpc) is 2.52. The second-order valence-corrected chi connectivity index (χ2v) is 6.94. The average molecular weight is 353 g/mol. The van der Waals surface area contributed by atoms with Crippen LogP contribution in [0.15, 0.2) is 18.2 Å². The van der Waals surface area contributed by atoms with E-state index in [2.05, 4.69) is 5.32 Å². The largest absolute Gasteiger partial charge is 0.488 e. The Hall–Kier alpha value is -1.81. The Balaban J connectivity index is 2.20. The molecule has 0 saturated carbocycles. The zero-order valence-corrected chi connectivity index (χ0v) is 14.8.